The van der Waals surface area contributed by atoms with Crippen molar-refractivity contribution in [3.8, 4) is 11.5 Å². The van der Waals surface area contributed by atoms with E-state index in [9.17, 15) is 14.7 Å². The molecule has 1 amide bonds. The molecule has 6 nitrogen and oxygen atoms in total. The summed E-state index contributed by atoms with van der Waals surface area (Å²) < 4.78 is 10.9. The largest absolute Gasteiger partial charge is 0.507 e. The van der Waals surface area contributed by atoms with Gasteiger partial charge in [-0.15, -0.1) is 0 Å². The number of Topliss-reactive ketones (excluding diaryl/α,β-unsaturated/α-hetero) is 1. The summed E-state index contributed by atoms with van der Waals surface area (Å²) in [6, 6.07) is 17.2. The number of aryl methyl sites for hydroxylation is 3. The lowest BCUT2D eigenvalue weighted by molar-refractivity contribution is -0.132. The Labute approximate surface area is 199 Å². The highest BCUT2D eigenvalue weighted by Crippen LogP contribution is 2.45. The third-order valence-electron chi connectivity index (χ3n) is 6.17. The summed E-state index contributed by atoms with van der Waals surface area (Å²) in [5.41, 5.74) is 4.25. The highest BCUT2D eigenvalue weighted by molar-refractivity contribution is 6.51. The van der Waals surface area contributed by atoms with Crippen LogP contribution >= 0.6 is 0 Å². The fourth-order valence-electron chi connectivity index (χ4n) is 4.43. The van der Waals surface area contributed by atoms with Crippen molar-refractivity contribution >= 4 is 23.1 Å². The van der Waals surface area contributed by atoms with Gasteiger partial charge in [-0.3, -0.25) is 14.5 Å². The number of hydrogen-bond donors (Lipinski definition) is 1. The second kappa shape index (κ2) is 9.06. The van der Waals surface area contributed by atoms with Crippen LogP contribution in [0.2, 0.25) is 0 Å². The Kier molecular flexibility index (Phi) is 6.16. The molecule has 174 valence electrons. The van der Waals surface area contributed by atoms with Gasteiger partial charge in [-0.1, -0.05) is 30.3 Å². The normalized spacial score (nSPS) is 17.2. The Morgan fingerprint density at radius 3 is 2.24 bits per heavy atom. The fourth-order valence-corrected chi connectivity index (χ4v) is 4.43. The minimum absolute atomic E-state index is 0.0139. The Morgan fingerprint density at radius 2 is 1.56 bits per heavy atom. The second-order valence-electron chi connectivity index (χ2n) is 8.39. The first-order valence-corrected chi connectivity index (χ1v) is 10.9. The molecule has 1 atom stereocenters. The van der Waals surface area contributed by atoms with Gasteiger partial charge in [0.15, 0.2) is 0 Å². The Morgan fingerprint density at radius 1 is 0.853 bits per heavy atom. The number of carbonyl (C=O) groups excluding carboxylic acids is 2. The topological polar surface area (TPSA) is 76.1 Å². The molecular weight excluding hydrogens is 430 g/mol. The van der Waals surface area contributed by atoms with E-state index < -0.39 is 17.7 Å². The number of amides is 1. The smallest absolute Gasteiger partial charge is 0.300 e. The van der Waals surface area contributed by atoms with Gasteiger partial charge < -0.3 is 14.6 Å². The maximum atomic E-state index is 13.4. The maximum absolute atomic E-state index is 13.4. The first-order valence-electron chi connectivity index (χ1n) is 10.9. The van der Waals surface area contributed by atoms with Crippen molar-refractivity contribution in [3.63, 3.8) is 0 Å². The Bertz CT molecular complexity index is 1320. The summed E-state index contributed by atoms with van der Waals surface area (Å²) in [4.78, 5) is 28.3. The van der Waals surface area contributed by atoms with Gasteiger partial charge in [0.1, 0.15) is 17.3 Å². The van der Waals surface area contributed by atoms with Crippen molar-refractivity contribution in [3.05, 3.63) is 94.1 Å². The van der Waals surface area contributed by atoms with E-state index >= 15 is 0 Å². The van der Waals surface area contributed by atoms with E-state index in [4.69, 9.17) is 9.47 Å². The third kappa shape index (κ3) is 3.81. The highest BCUT2D eigenvalue weighted by atomic mass is 16.5. The van der Waals surface area contributed by atoms with E-state index in [1.54, 1.807) is 37.4 Å². The molecule has 6 heteroatoms. The minimum Gasteiger partial charge on any atom is -0.507 e. The van der Waals surface area contributed by atoms with Gasteiger partial charge in [0.05, 0.1) is 25.8 Å². The van der Waals surface area contributed by atoms with Gasteiger partial charge in [-0.25, -0.2) is 0 Å². The van der Waals surface area contributed by atoms with Crippen molar-refractivity contribution in [2.45, 2.75) is 26.8 Å². The molecule has 4 rings (SSSR count). The quantitative estimate of drug-likeness (QED) is 0.322. The number of rotatable bonds is 5. The average Bonchev–Trinajstić information content (AvgIpc) is 3.10. The highest BCUT2D eigenvalue weighted by Gasteiger charge is 2.48. The van der Waals surface area contributed by atoms with E-state index in [1.165, 1.54) is 12.0 Å². The number of hydrogen-bond acceptors (Lipinski definition) is 5. The van der Waals surface area contributed by atoms with Crippen LogP contribution in [-0.4, -0.2) is 31.0 Å². The van der Waals surface area contributed by atoms with Crippen LogP contribution < -0.4 is 14.4 Å². The summed E-state index contributed by atoms with van der Waals surface area (Å²) in [7, 11) is 3.11. The Hall–Kier alpha value is -4.06. The zero-order chi connectivity index (χ0) is 24.6. The number of nitrogens with zero attached hydrogens (tertiary/aromatic N) is 1. The molecule has 0 radical (unpaired) electrons. The molecule has 1 fully saturated rings. The van der Waals surface area contributed by atoms with Crippen LogP contribution in [0, 0.1) is 20.8 Å². The number of benzene rings is 3. The molecule has 0 aromatic heterocycles. The minimum atomic E-state index is -0.862. The number of aliphatic hydroxyl groups excluding tert-OH is 1. The van der Waals surface area contributed by atoms with Crippen LogP contribution in [0.5, 0.6) is 11.5 Å². The molecular formula is C28H27NO5. The zero-order valence-corrected chi connectivity index (χ0v) is 19.9. The first kappa shape index (κ1) is 23.1. The molecule has 1 unspecified atom stereocenters. The monoisotopic (exact) mass is 457 g/mol. The number of para-hydroxylation sites is 1. The molecule has 0 spiro atoms. The standard InChI is InChI=1S/C28H27NO5/c1-16-10-11-17(2)21(14-16)29-25(20-8-6-7-9-23(20)34-5)24(27(31)28(29)32)26(30)19-12-13-22(33-4)18(3)15-19/h6-15,25,30H,1-5H3/b26-24+. The number of carbonyl (C=O) groups is 2. The van der Waals surface area contributed by atoms with E-state index in [0.717, 1.165) is 16.7 Å². The van der Waals surface area contributed by atoms with Crippen molar-refractivity contribution in [2.75, 3.05) is 19.1 Å². The molecule has 1 heterocycles. The lowest BCUT2D eigenvalue weighted by atomic mass is 9.93. The van der Waals surface area contributed by atoms with Crippen LogP contribution in [0.15, 0.2) is 66.2 Å². The molecule has 1 aliphatic heterocycles. The average molecular weight is 458 g/mol. The van der Waals surface area contributed by atoms with Gasteiger partial charge in [-0.2, -0.15) is 0 Å². The third-order valence-corrected chi connectivity index (χ3v) is 6.17. The van der Waals surface area contributed by atoms with Gasteiger partial charge >= 0.3 is 0 Å². The molecule has 1 saturated heterocycles. The predicted molar refractivity (Wildman–Crippen MR) is 131 cm³/mol. The van der Waals surface area contributed by atoms with Gasteiger partial charge in [0, 0.05) is 16.8 Å². The summed E-state index contributed by atoms with van der Waals surface area (Å²) in [6.07, 6.45) is 0. The van der Waals surface area contributed by atoms with Gasteiger partial charge in [0.2, 0.25) is 0 Å². The van der Waals surface area contributed by atoms with Crippen LogP contribution in [0.4, 0.5) is 5.69 Å². The van der Waals surface area contributed by atoms with E-state index in [-0.39, 0.29) is 11.3 Å². The van der Waals surface area contributed by atoms with Crippen molar-refractivity contribution < 1.29 is 24.2 Å². The number of aliphatic hydroxyl groups is 1. The molecule has 3 aromatic rings. The Balaban J connectivity index is 2.01. The molecule has 0 bridgehead atoms. The van der Waals surface area contributed by atoms with Crippen LogP contribution in [0.1, 0.15) is 33.9 Å². The number of anilines is 1. The van der Waals surface area contributed by atoms with Crippen molar-refractivity contribution in [1.29, 1.82) is 0 Å². The number of ketones is 1. The fraction of sp³-hybridized carbons (Fsp3) is 0.214. The molecule has 1 aliphatic rings. The summed E-state index contributed by atoms with van der Waals surface area (Å²) in [6.45, 7) is 5.67. The first-order chi connectivity index (χ1) is 16.3. The molecule has 0 saturated carbocycles. The summed E-state index contributed by atoms with van der Waals surface area (Å²) in [5, 5.41) is 11.4. The molecule has 34 heavy (non-hydrogen) atoms. The van der Waals surface area contributed by atoms with E-state index in [0.29, 0.717) is 28.3 Å². The molecule has 3 aromatic carbocycles. The number of methoxy groups -OCH3 is 2. The lowest BCUT2D eigenvalue weighted by Gasteiger charge is -2.28. The van der Waals surface area contributed by atoms with Gasteiger partial charge in [0.25, 0.3) is 11.7 Å². The van der Waals surface area contributed by atoms with E-state index in [2.05, 4.69) is 0 Å². The molecule has 0 aliphatic carbocycles. The summed E-state index contributed by atoms with van der Waals surface area (Å²) in [5.74, 6) is -0.512. The van der Waals surface area contributed by atoms with E-state index in [1.807, 2.05) is 51.1 Å². The van der Waals surface area contributed by atoms with Crippen molar-refractivity contribution in [2.24, 2.45) is 0 Å². The van der Waals surface area contributed by atoms with Crippen molar-refractivity contribution in [1.82, 2.24) is 0 Å². The lowest BCUT2D eigenvalue weighted by Crippen LogP contribution is -2.30. The summed E-state index contributed by atoms with van der Waals surface area (Å²) >= 11 is 0. The van der Waals surface area contributed by atoms with Crippen LogP contribution in [0.25, 0.3) is 5.76 Å². The predicted octanol–water partition coefficient (Wildman–Crippen LogP) is 5.26. The second-order valence-corrected chi connectivity index (χ2v) is 8.39. The SMILES string of the molecule is COc1ccc(/C(O)=C2\C(=O)C(=O)N(c3cc(C)ccc3C)C2c2ccccc2OC)cc1C. The van der Waals surface area contributed by atoms with Gasteiger partial charge in [-0.05, 0) is 67.8 Å². The van der Waals surface area contributed by atoms with Crippen LogP contribution in [-0.2, 0) is 9.59 Å². The molecule has 1 N–H and O–H groups in total. The zero-order valence-electron chi connectivity index (χ0n) is 19.9. The maximum Gasteiger partial charge on any atom is 0.300 e. The number of ether oxygens (including phenoxy) is 2. The van der Waals surface area contributed by atoms with Crippen LogP contribution in [0.3, 0.4) is 0 Å².